The molecular weight excluding hydrogens is 344 g/mol. The predicted molar refractivity (Wildman–Crippen MR) is 99.1 cm³/mol. The summed E-state index contributed by atoms with van der Waals surface area (Å²) in [6.45, 7) is 0.413. The molecule has 0 amide bonds. The molecule has 3 heterocycles. The van der Waals surface area contributed by atoms with Gasteiger partial charge < -0.3 is 9.30 Å². The molecule has 0 atom stereocenters. The van der Waals surface area contributed by atoms with Crippen LogP contribution >= 0.6 is 0 Å². The highest BCUT2D eigenvalue weighted by molar-refractivity contribution is 5.96. The highest BCUT2D eigenvalue weighted by atomic mass is 16.5. The lowest BCUT2D eigenvalue weighted by atomic mass is 10.1. The van der Waals surface area contributed by atoms with Crippen molar-refractivity contribution >= 4 is 5.97 Å². The van der Waals surface area contributed by atoms with Gasteiger partial charge in [0.25, 0.3) is 5.56 Å². The first-order chi connectivity index (χ1) is 13.2. The number of pyridine rings is 2. The summed E-state index contributed by atoms with van der Waals surface area (Å²) in [5.41, 5.74) is 2.03. The van der Waals surface area contributed by atoms with E-state index in [9.17, 15) is 9.59 Å². The number of fused-ring (bicyclic) bond motifs is 1. The molecule has 7 heteroatoms. The van der Waals surface area contributed by atoms with Gasteiger partial charge in [-0.3, -0.25) is 9.78 Å². The first kappa shape index (κ1) is 16.7. The summed E-state index contributed by atoms with van der Waals surface area (Å²) in [5, 5.41) is 4.37. The molecule has 0 spiro atoms. The van der Waals surface area contributed by atoms with Crippen LogP contribution < -0.4 is 5.56 Å². The Labute approximate surface area is 154 Å². The Bertz CT molecular complexity index is 1120. The molecule has 1 aromatic carbocycles. The van der Waals surface area contributed by atoms with Crippen LogP contribution in [-0.4, -0.2) is 32.4 Å². The number of carbonyl (C=O) groups excluding carboxylic acids is 1. The average molecular weight is 360 g/mol. The molecule has 0 radical (unpaired) electrons. The van der Waals surface area contributed by atoms with Gasteiger partial charge in [0.15, 0.2) is 0 Å². The van der Waals surface area contributed by atoms with E-state index in [-0.39, 0.29) is 11.1 Å². The second kappa shape index (κ2) is 6.87. The number of ether oxygens (including phenoxy) is 1. The largest absolute Gasteiger partial charge is 0.465 e. The van der Waals surface area contributed by atoms with Crippen molar-refractivity contribution in [1.82, 2.24) is 19.3 Å². The van der Waals surface area contributed by atoms with Crippen molar-refractivity contribution in [3.8, 4) is 16.9 Å². The van der Waals surface area contributed by atoms with Crippen LogP contribution in [0.15, 0.2) is 71.9 Å². The molecule has 7 nitrogen and oxygen atoms in total. The molecule has 0 bridgehead atoms. The molecule has 2 aliphatic rings. The number of aromatic nitrogens is 4. The third kappa shape index (κ3) is 3.10. The van der Waals surface area contributed by atoms with Crippen LogP contribution in [0.3, 0.4) is 0 Å². The van der Waals surface area contributed by atoms with E-state index in [0.717, 1.165) is 5.69 Å². The first-order valence-electron chi connectivity index (χ1n) is 8.34. The van der Waals surface area contributed by atoms with Crippen LogP contribution in [0.1, 0.15) is 16.1 Å². The van der Waals surface area contributed by atoms with E-state index in [1.165, 1.54) is 11.8 Å². The smallest absolute Gasteiger partial charge is 0.341 e. The molecular formula is C20H16N4O3. The minimum Gasteiger partial charge on any atom is -0.465 e. The van der Waals surface area contributed by atoms with E-state index in [2.05, 4.69) is 10.1 Å². The fourth-order valence-electron chi connectivity index (χ4n) is 2.93. The minimum absolute atomic E-state index is 0.234. The molecule has 0 N–H and O–H groups in total. The van der Waals surface area contributed by atoms with Gasteiger partial charge in [0.2, 0.25) is 0 Å². The lowest BCUT2D eigenvalue weighted by Gasteiger charge is -2.11. The second-order valence-electron chi connectivity index (χ2n) is 5.97. The van der Waals surface area contributed by atoms with Gasteiger partial charge in [0, 0.05) is 18.6 Å². The van der Waals surface area contributed by atoms with Gasteiger partial charge in [-0.25, -0.2) is 4.79 Å². The van der Waals surface area contributed by atoms with Crippen molar-refractivity contribution in [2.24, 2.45) is 0 Å². The molecule has 2 aromatic rings. The molecule has 0 aliphatic carbocycles. The third-order valence-electron chi connectivity index (χ3n) is 4.20. The van der Waals surface area contributed by atoms with E-state index in [0.29, 0.717) is 23.5 Å². The van der Waals surface area contributed by atoms with E-state index < -0.39 is 5.97 Å². The van der Waals surface area contributed by atoms with Gasteiger partial charge in [-0.2, -0.15) is 9.78 Å². The van der Waals surface area contributed by atoms with E-state index in [4.69, 9.17) is 4.74 Å². The van der Waals surface area contributed by atoms with Crippen molar-refractivity contribution in [3.63, 3.8) is 0 Å². The van der Waals surface area contributed by atoms with Gasteiger partial charge in [-0.1, -0.05) is 24.3 Å². The molecule has 1 aromatic heterocycles. The number of nitrogens with zero attached hydrogens (tertiary/aromatic N) is 4. The summed E-state index contributed by atoms with van der Waals surface area (Å²) in [4.78, 5) is 29.5. The minimum atomic E-state index is -0.548. The highest BCUT2D eigenvalue weighted by Gasteiger charge is 2.24. The number of hydrogen-bond donors (Lipinski definition) is 0. The molecule has 0 saturated heterocycles. The SMILES string of the molecule is COC(=O)c1cn(Cc2ccccn2)cc2c(=O)n(-c3ccccc3)nc1-2. The molecule has 0 fully saturated rings. The van der Waals surface area contributed by atoms with Crippen molar-refractivity contribution in [3.05, 3.63) is 88.7 Å². The van der Waals surface area contributed by atoms with Gasteiger partial charge in [0.05, 0.1) is 30.6 Å². The lowest BCUT2D eigenvalue weighted by Crippen LogP contribution is -2.16. The quantitative estimate of drug-likeness (QED) is 0.522. The summed E-state index contributed by atoms with van der Waals surface area (Å²) in [6.07, 6.45) is 5.01. The van der Waals surface area contributed by atoms with Crippen LogP contribution in [0, 0.1) is 0 Å². The number of esters is 1. The normalized spacial score (nSPS) is 10.9. The van der Waals surface area contributed by atoms with Gasteiger partial charge in [-0.15, -0.1) is 0 Å². The van der Waals surface area contributed by atoms with Crippen LogP contribution in [0.25, 0.3) is 16.9 Å². The Morgan fingerprint density at radius 1 is 1.07 bits per heavy atom. The fourth-order valence-corrected chi connectivity index (χ4v) is 2.93. The van der Waals surface area contributed by atoms with Crippen molar-refractivity contribution in [2.75, 3.05) is 7.11 Å². The highest BCUT2D eigenvalue weighted by Crippen LogP contribution is 2.23. The summed E-state index contributed by atoms with van der Waals surface area (Å²) >= 11 is 0. The predicted octanol–water partition coefficient (Wildman–Crippen LogP) is 2.37. The van der Waals surface area contributed by atoms with Crippen LogP contribution in [-0.2, 0) is 11.3 Å². The Hall–Kier alpha value is -3.74. The zero-order chi connectivity index (χ0) is 18.8. The van der Waals surface area contributed by atoms with E-state index in [1.54, 1.807) is 35.3 Å². The van der Waals surface area contributed by atoms with E-state index in [1.807, 2.05) is 36.4 Å². The molecule has 0 unspecified atom stereocenters. The average Bonchev–Trinajstić information content (AvgIpc) is 3.05. The molecule has 0 saturated carbocycles. The number of rotatable bonds is 4. The second-order valence-corrected chi connectivity index (χ2v) is 5.97. The number of carbonyl (C=O) groups is 1. The van der Waals surface area contributed by atoms with Crippen molar-refractivity contribution in [1.29, 1.82) is 0 Å². The van der Waals surface area contributed by atoms with Crippen molar-refractivity contribution in [2.45, 2.75) is 6.54 Å². The topological polar surface area (TPSA) is 79.0 Å². The number of benzene rings is 1. The van der Waals surface area contributed by atoms with Gasteiger partial charge in [-0.05, 0) is 24.3 Å². The maximum Gasteiger partial charge on any atom is 0.341 e. The lowest BCUT2D eigenvalue weighted by molar-refractivity contribution is 0.0600. The standard InChI is InChI=1S/C20H16N4O3/c1-27-20(26)17-13-23(11-14-7-5-6-10-21-14)12-16-18(17)22-24(19(16)25)15-8-3-2-4-9-15/h2-10,12-13H,11H2,1H3. The summed E-state index contributed by atoms with van der Waals surface area (Å²) in [5.74, 6) is -0.548. The monoisotopic (exact) mass is 360 g/mol. The molecule has 134 valence electrons. The maximum absolute atomic E-state index is 12.9. The Morgan fingerprint density at radius 3 is 2.56 bits per heavy atom. The Morgan fingerprint density at radius 2 is 1.85 bits per heavy atom. The molecule has 4 rings (SSSR count). The van der Waals surface area contributed by atoms with E-state index >= 15 is 0 Å². The van der Waals surface area contributed by atoms with Gasteiger partial charge >= 0.3 is 5.97 Å². The zero-order valence-electron chi connectivity index (χ0n) is 14.6. The molecule has 2 aliphatic heterocycles. The number of para-hydroxylation sites is 1. The number of hydrogen-bond acceptors (Lipinski definition) is 5. The first-order valence-corrected chi connectivity index (χ1v) is 8.34. The number of methoxy groups -OCH3 is 1. The Kier molecular flexibility index (Phi) is 4.25. The van der Waals surface area contributed by atoms with Crippen molar-refractivity contribution < 1.29 is 9.53 Å². The van der Waals surface area contributed by atoms with Crippen LogP contribution in [0.4, 0.5) is 0 Å². The zero-order valence-corrected chi connectivity index (χ0v) is 14.6. The molecule has 27 heavy (non-hydrogen) atoms. The third-order valence-corrected chi connectivity index (χ3v) is 4.20. The summed E-state index contributed by atoms with van der Waals surface area (Å²) < 4.78 is 7.92. The Balaban J connectivity index is 1.90. The fraction of sp³-hybridized carbons (Fsp3) is 0.100. The van der Waals surface area contributed by atoms with Gasteiger partial charge in [0.1, 0.15) is 11.3 Å². The summed E-state index contributed by atoms with van der Waals surface area (Å²) in [7, 11) is 1.30. The maximum atomic E-state index is 12.9. The van der Waals surface area contributed by atoms with Crippen LogP contribution in [0.5, 0.6) is 0 Å². The van der Waals surface area contributed by atoms with Crippen LogP contribution in [0.2, 0.25) is 0 Å². The summed E-state index contributed by atoms with van der Waals surface area (Å²) in [6, 6.07) is 14.7.